The van der Waals surface area contributed by atoms with Crippen LogP contribution in [-0.2, 0) is 9.53 Å². The number of hydrogen-bond acceptors (Lipinski definition) is 6. The predicted octanol–water partition coefficient (Wildman–Crippen LogP) is 4.55. The second kappa shape index (κ2) is 8.06. The number of nitrogens with zero attached hydrogens (tertiary/aromatic N) is 2. The first kappa shape index (κ1) is 19.3. The van der Waals surface area contributed by atoms with Crippen molar-refractivity contribution in [3.63, 3.8) is 0 Å². The highest BCUT2D eigenvalue weighted by atomic mass is 35.5. The van der Waals surface area contributed by atoms with E-state index in [-0.39, 0.29) is 27.9 Å². The van der Waals surface area contributed by atoms with Gasteiger partial charge in [-0.2, -0.15) is 0 Å². The third kappa shape index (κ3) is 4.44. The van der Waals surface area contributed by atoms with Gasteiger partial charge in [-0.1, -0.05) is 30.3 Å². The molecule has 28 heavy (non-hydrogen) atoms. The van der Waals surface area contributed by atoms with Crippen molar-refractivity contribution in [3.8, 4) is 5.75 Å². The summed E-state index contributed by atoms with van der Waals surface area (Å²) in [6.07, 6.45) is 1.54. The number of nitro groups is 1. The minimum absolute atomic E-state index is 0.0506. The molecule has 0 aliphatic carbocycles. The monoisotopic (exact) mass is 398 g/mol. The predicted molar refractivity (Wildman–Crippen MR) is 105 cm³/mol. The van der Waals surface area contributed by atoms with Crippen LogP contribution in [0.4, 0.5) is 5.69 Å². The first-order valence-electron chi connectivity index (χ1n) is 8.17. The Morgan fingerprint density at radius 1 is 1.36 bits per heavy atom. The zero-order valence-corrected chi connectivity index (χ0v) is 15.6. The molecule has 0 unspecified atom stereocenters. The quantitative estimate of drug-likeness (QED) is 0.234. The number of carbonyl (C=O) groups is 1. The number of hydrogen-bond donors (Lipinski definition) is 0. The van der Waals surface area contributed by atoms with Gasteiger partial charge in [0.25, 0.3) is 5.69 Å². The van der Waals surface area contributed by atoms with Gasteiger partial charge in [0.2, 0.25) is 5.90 Å². The third-order valence-corrected chi connectivity index (χ3v) is 3.99. The molecule has 0 aromatic heterocycles. The summed E-state index contributed by atoms with van der Waals surface area (Å²) < 4.78 is 10.7. The highest BCUT2D eigenvalue weighted by molar-refractivity contribution is 6.34. The van der Waals surface area contributed by atoms with Crippen LogP contribution in [0.3, 0.4) is 0 Å². The molecule has 3 rings (SSSR count). The Morgan fingerprint density at radius 3 is 2.86 bits per heavy atom. The van der Waals surface area contributed by atoms with Crippen molar-refractivity contribution in [2.24, 2.45) is 4.99 Å². The summed E-state index contributed by atoms with van der Waals surface area (Å²) in [5, 5.41) is 11.2. The molecule has 1 aliphatic heterocycles. The summed E-state index contributed by atoms with van der Waals surface area (Å²) in [5.41, 5.74) is 1.60. The zero-order valence-electron chi connectivity index (χ0n) is 14.8. The van der Waals surface area contributed by atoms with E-state index in [2.05, 4.69) is 11.6 Å². The van der Waals surface area contributed by atoms with E-state index in [1.807, 2.05) is 6.92 Å². The molecule has 0 saturated carbocycles. The normalized spacial score (nSPS) is 14.6. The third-order valence-electron chi connectivity index (χ3n) is 3.66. The van der Waals surface area contributed by atoms with Crippen molar-refractivity contribution in [3.05, 3.63) is 86.6 Å². The van der Waals surface area contributed by atoms with Crippen molar-refractivity contribution in [2.75, 3.05) is 6.61 Å². The van der Waals surface area contributed by atoms with Crippen LogP contribution in [0.15, 0.2) is 65.3 Å². The number of rotatable bonds is 6. The number of esters is 1. The number of benzene rings is 2. The summed E-state index contributed by atoms with van der Waals surface area (Å²) in [4.78, 5) is 26.7. The Hall–Kier alpha value is -3.45. The Balaban J connectivity index is 1.90. The molecule has 0 spiro atoms. The van der Waals surface area contributed by atoms with E-state index < -0.39 is 10.9 Å². The molecule has 0 bridgehead atoms. The number of cyclic esters (lactones) is 1. The summed E-state index contributed by atoms with van der Waals surface area (Å²) in [7, 11) is 0. The van der Waals surface area contributed by atoms with Crippen molar-refractivity contribution in [1.29, 1.82) is 0 Å². The SMILES string of the molecule is C=C(C)COc1cccc(/C=C2\N=C(c3cc([N+](=O)[O-])ccc3Cl)OC2=O)c1. The molecule has 0 radical (unpaired) electrons. The topological polar surface area (TPSA) is 91.0 Å². The van der Waals surface area contributed by atoms with Crippen LogP contribution in [0.5, 0.6) is 5.75 Å². The van der Waals surface area contributed by atoms with E-state index in [0.29, 0.717) is 17.9 Å². The molecular formula is C20H15ClN2O5. The highest BCUT2D eigenvalue weighted by Crippen LogP contribution is 2.27. The average Bonchev–Trinajstić information content (AvgIpc) is 3.00. The maximum atomic E-state index is 12.2. The molecule has 1 heterocycles. The molecular weight excluding hydrogens is 384 g/mol. The number of non-ortho nitro benzene ring substituents is 1. The van der Waals surface area contributed by atoms with Gasteiger partial charge in [0.05, 0.1) is 15.5 Å². The van der Waals surface area contributed by atoms with Gasteiger partial charge < -0.3 is 9.47 Å². The molecule has 0 saturated heterocycles. The fraction of sp³-hybridized carbons (Fsp3) is 0.100. The Bertz CT molecular complexity index is 1040. The van der Waals surface area contributed by atoms with Crippen LogP contribution < -0.4 is 4.74 Å². The smallest absolute Gasteiger partial charge is 0.363 e. The van der Waals surface area contributed by atoms with Crippen LogP contribution >= 0.6 is 11.6 Å². The summed E-state index contributed by atoms with van der Waals surface area (Å²) in [6, 6.07) is 10.9. The molecule has 2 aromatic rings. The van der Waals surface area contributed by atoms with Gasteiger partial charge in [-0.05, 0) is 42.3 Å². The first-order valence-corrected chi connectivity index (χ1v) is 8.55. The maximum absolute atomic E-state index is 12.2. The fourth-order valence-electron chi connectivity index (χ4n) is 2.37. The lowest BCUT2D eigenvalue weighted by atomic mass is 10.2. The molecule has 1 aliphatic rings. The van der Waals surface area contributed by atoms with Crippen molar-refractivity contribution in [1.82, 2.24) is 0 Å². The fourth-order valence-corrected chi connectivity index (χ4v) is 2.57. The minimum Gasteiger partial charge on any atom is -0.489 e. The maximum Gasteiger partial charge on any atom is 0.363 e. The van der Waals surface area contributed by atoms with Crippen LogP contribution in [-0.4, -0.2) is 23.4 Å². The molecule has 0 amide bonds. The van der Waals surface area contributed by atoms with Crippen molar-refractivity contribution < 1.29 is 19.2 Å². The first-order chi connectivity index (χ1) is 13.3. The van der Waals surface area contributed by atoms with E-state index >= 15 is 0 Å². The number of carbonyl (C=O) groups excluding carboxylic acids is 1. The number of aliphatic imine (C=N–C) groups is 1. The van der Waals surface area contributed by atoms with E-state index in [1.54, 1.807) is 24.3 Å². The van der Waals surface area contributed by atoms with Gasteiger partial charge in [-0.15, -0.1) is 0 Å². The lowest BCUT2D eigenvalue weighted by molar-refractivity contribution is -0.384. The minimum atomic E-state index is -0.675. The Morgan fingerprint density at radius 2 is 2.14 bits per heavy atom. The van der Waals surface area contributed by atoms with Crippen molar-refractivity contribution >= 4 is 35.2 Å². The van der Waals surface area contributed by atoms with E-state index in [9.17, 15) is 14.9 Å². The lowest BCUT2D eigenvalue weighted by Crippen LogP contribution is -2.06. The Kier molecular flexibility index (Phi) is 5.56. The van der Waals surface area contributed by atoms with E-state index in [1.165, 1.54) is 24.3 Å². The summed E-state index contributed by atoms with van der Waals surface area (Å²) in [6.45, 7) is 6.02. The van der Waals surface area contributed by atoms with Crippen molar-refractivity contribution in [2.45, 2.75) is 6.92 Å². The molecule has 142 valence electrons. The standard InChI is InChI=1S/C20H15ClN2O5/c1-12(2)11-27-15-5-3-4-13(8-15)9-18-20(24)28-19(22-18)16-10-14(23(25)26)6-7-17(16)21/h3-10H,1,11H2,2H3/b18-9-. The van der Waals surface area contributed by atoms with E-state index in [0.717, 1.165) is 5.57 Å². The number of nitro benzene ring substituents is 1. The van der Waals surface area contributed by atoms with E-state index in [4.69, 9.17) is 21.1 Å². The lowest BCUT2D eigenvalue weighted by Gasteiger charge is -2.06. The molecule has 0 fully saturated rings. The number of halogens is 1. The zero-order chi connectivity index (χ0) is 20.3. The van der Waals surface area contributed by atoms with Gasteiger partial charge in [-0.25, -0.2) is 9.79 Å². The van der Waals surface area contributed by atoms with Crippen LogP contribution in [0, 0.1) is 10.1 Å². The van der Waals surface area contributed by atoms with Gasteiger partial charge in [0, 0.05) is 12.1 Å². The second-order valence-corrected chi connectivity index (χ2v) is 6.48. The summed E-state index contributed by atoms with van der Waals surface area (Å²) >= 11 is 6.08. The highest BCUT2D eigenvalue weighted by Gasteiger charge is 2.27. The number of ether oxygens (including phenoxy) is 2. The summed E-state index contributed by atoms with van der Waals surface area (Å²) in [5.74, 6) is -0.139. The second-order valence-electron chi connectivity index (χ2n) is 6.08. The van der Waals surface area contributed by atoms with Crippen LogP contribution in [0.2, 0.25) is 5.02 Å². The van der Waals surface area contributed by atoms with Crippen LogP contribution in [0.25, 0.3) is 6.08 Å². The molecule has 7 nitrogen and oxygen atoms in total. The van der Waals surface area contributed by atoms with Gasteiger partial charge in [-0.3, -0.25) is 10.1 Å². The van der Waals surface area contributed by atoms with Gasteiger partial charge in [0.1, 0.15) is 12.4 Å². The molecule has 0 N–H and O–H groups in total. The van der Waals surface area contributed by atoms with Gasteiger partial charge >= 0.3 is 5.97 Å². The Labute approximate surface area is 165 Å². The average molecular weight is 399 g/mol. The molecule has 8 heteroatoms. The van der Waals surface area contributed by atoms with Gasteiger partial charge in [0.15, 0.2) is 5.70 Å². The largest absolute Gasteiger partial charge is 0.489 e. The molecule has 0 atom stereocenters. The van der Waals surface area contributed by atoms with Crippen LogP contribution in [0.1, 0.15) is 18.1 Å². The molecule has 2 aromatic carbocycles.